The zero-order chi connectivity index (χ0) is 18.2. The molecule has 3 rings (SSSR count). The molecule has 3 aromatic rings. The van der Waals surface area contributed by atoms with Gasteiger partial charge in [0.1, 0.15) is 23.9 Å². The third-order valence-corrected chi connectivity index (χ3v) is 3.78. The summed E-state index contributed by atoms with van der Waals surface area (Å²) in [4.78, 5) is 14.2. The number of ether oxygens (including phenoxy) is 1. The first-order chi connectivity index (χ1) is 12.7. The van der Waals surface area contributed by atoms with Crippen LogP contribution in [-0.2, 0) is 13.1 Å². The van der Waals surface area contributed by atoms with Gasteiger partial charge in [0.25, 0.3) is 0 Å². The maximum Gasteiger partial charge on any atom is 0.318 e. The lowest BCUT2D eigenvalue weighted by Crippen LogP contribution is -2.40. The van der Waals surface area contributed by atoms with E-state index in [1.54, 1.807) is 29.6 Å². The third kappa shape index (κ3) is 5.17. The van der Waals surface area contributed by atoms with Crippen LogP contribution in [0.15, 0.2) is 69.9 Å². The second-order valence-electron chi connectivity index (χ2n) is 5.91. The number of furan rings is 2. The van der Waals surface area contributed by atoms with Crippen molar-refractivity contribution in [3.05, 3.63) is 78.1 Å². The zero-order valence-corrected chi connectivity index (χ0v) is 14.7. The second-order valence-corrected chi connectivity index (χ2v) is 5.91. The number of nitrogens with one attached hydrogen (secondary N) is 1. The van der Waals surface area contributed by atoms with Crippen LogP contribution >= 0.6 is 0 Å². The quantitative estimate of drug-likeness (QED) is 0.622. The number of rotatable bonds is 8. The van der Waals surface area contributed by atoms with Gasteiger partial charge in [-0.05, 0) is 48.9 Å². The Morgan fingerprint density at radius 2 is 1.73 bits per heavy atom. The molecule has 0 spiro atoms. The molecule has 0 fully saturated rings. The largest absolute Gasteiger partial charge is 0.492 e. The van der Waals surface area contributed by atoms with Gasteiger partial charge in [0.2, 0.25) is 0 Å². The molecule has 0 unspecified atom stereocenters. The van der Waals surface area contributed by atoms with Crippen molar-refractivity contribution < 1.29 is 18.4 Å². The van der Waals surface area contributed by atoms with Crippen LogP contribution in [0.1, 0.15) is 17.1 Å². The summed E-state index contributed by atoms with van der Waals surface area (Å²) in [6.07, 6.45) is 3.18. The van der Waals surface area contributed by atoms with Gasteiger partial charge in [-0.3, -0.25) is 0 Å². The van der Waals surface area contributed by atoms with Crippen LogP contribution in [0.25, 0.3) is 0 Å². The fraction of sp³-hybridized carbons (Fsp3) is 0.250. The van der Waals surface area contributed by atoms with Crippen molar-refractivity contribution in [2.75, 3.05) is 13.2 Å². The van der Waals surface area contributed by atoms with Crippen LogP contribution in [0.5, 0.6) is 5.75 Å². The smallest absolute Gasteiger partial charge is 0.318 e. The van der Waals surface area contributed by atoms with Gasteiger partial charge < -0.3 is 23.8 Å². The molecule has 26 heavy (non-hydrogen) atoms. The molecule has 2 aromatic heterocycles. The van der Waals surface area contributed by atoms with Crippen LogP contribution in [0.4, 0.5) is 4.79 Å². The first kappa shape index (κ1) is 17.7. The summed E-state index contributed by atoms with van der Waals surface area (Å²) in [6.45, 7) is 3.52. The monoisotopic (exact) mass is 354 g/mol. The molecule has 1 N–H and O–H groups in total. The Hall–Kier alpha value is -3.15. The predicted octanol–water partition coefficient (Wildman–Crippen LogP) is 3.97. The fourth-order valence-corrected chi connectivity index (χ4v) is 2.52. The molecule has 2 amide bonds. The van der Waals surface area contributed by atoms with E-state index in [-0.39, 0.29) is 6.03 Å². The molecule has 0 saturated heterocycles. The normalized spacial score (nSPS) is 10.5. The SMILES string of the molecule is Cc1cccc(OCCNC(=O)N(Cc2ccco2)Cc2ccco2)c1. The number of aryl methyl sites for hydroxylation is 1. The van der Waals surface area contributed by atoms with E-state index >= 15 is 0 Å². The maximum atomic E-state index is 12.5. The lowest BCUT2D eigenvalue weighted by atomic mass is 10.2. The number of carbonyl (C=O) groups is 1. The van der Waals surface area contributed by atoms with Gasteiger partial charge in [-0.1, -0.05) is 12.1 Å². The second kappa shape index (κ2) is 8.80. The standard InChI is InChI=1S/C20H22N2O4/c1-16-5-2-6-17(13-16)26-12-9-21-20(23)22(14-18-7-3-10-24-18)15-19-8-4-11-25-19/h2-8,10-11,13H,9,12,14-15H2,1H3,(H,21,23). The highest BCUT2D eigenvalue weighted by molar-refractivity contribution is 5.74. The van der Waals surface area contributed by atoms with E-state index in [9.17, 15) is 4.79 Å². The summed E-state index contributed by atoms with van der Waals surface area (Å²) in [7, 11) is 0. The van der Waals surface area contributed by atoms with Crippen molar-refractivity contribution in [2.24, 2.45) is 0 Å². The highest BCUT2D eigenvalue weighted by Crippen LogP contribution is 2.13. The molecular weight excluding hydrogens is 332 g/mol. The fourth-order valence-electron chi connectivity index (χ4n) is 2.52. The van der Waals surface area contributed by atoms with E-state index in [1.807, 2.05) is 43.3 Å². The minimum atomic E-state index is -0.203. The van der Waals surface area contributed by atoms with E-state index in [0.29, 0.717) is 37.8 Å². The molecule has 2 heterocycles. The molecule has 0 bridgehead atoms. The van der Waals surface area contributed by atoms with Crippen molar-refractivity contribution in [1.82, 2.24) is 10.2 Å². The van der Waals surface area contributed by atoms with Crippen molar-refractivity contribution in [1.29, 1.82) is 0 Å². The Morgan fingerprint density at radius 1 is 1.04 bits per heavy atom. The molecule has 136 valence electrons. The average Bonchev–Trinajstić information content (AvgIpc) is 3.32. The molecule has 0 atom stereocenters. The van der Waals surface area contributed by atoms with Crippen molar-refractivity contribution in [3.8, 4) is 5.75 Å². The Balaban J connectivity index is 1.51. The number of nitrogens with zero attached hydrogens (tertiary/aromatic N) is 1. The van der Waals surface area contributed by atoms with Crippen LogP contribution in [0.3, 0.4) is 0 Å². The molecule has 0 saturated carbocycles. The summed E-state index contributed by atoms with van der Waals surface area (Å²) in [6, 6.07) is 14.9. The first-order valence-corrected chi connectivity index (χ1v) is 8.48. The van der Waals surface area contributed by atoms with Crippen molar-refractivity contribution in [3.63, 3.8) is 0 Å². The molecule has 0 aliphatic heterocycles. The number of urea groups is 1. The van der Waals surface area contributed by atoms with Crippen LogP contribution in [-0.4, -0.2) is 24.1 Å². The molecule has 6 nitrogen and oxygen atoms in total. The number of benzene rings is 1. The van der Waals surface area contributed by atoms with Crippen LogP contribution in [0.2, 0.25) is 0 Å². The number of hydrogen-bond donors (Lipinski definition) is 1. The van der Waals surface area contributed by atoms with Gasteiger partial charge in [0.15, 0.2) is 0 Å². The van der Waals surface area contributed by atoms with Crippen LogP contribution < -0.4 is 10.1 Å². The zero-order valence-electron chi connectivity index (χ0n) is 14.7. The number of hydrogen-bond acceptors (Lipinski definition) is 4. The average molecular weight is 354 g/mol. The lowest BCUT2D eigenvalue weighted by Gasteiger charge is -2.21. The van der Waals surface area contributed by atoms with E-state index in [0.717, 1.165) is 11.3 Å². The van der Waals surface area contributed by atoms with Crippen molar-refractivity contribution >= 4 is 6.03 Å². The minimum Gasteiger partial charge on any atom is -0.492 e. The molecule has 0 aliphatic rings. The summed E-state index contributed by atoms with van der Waals surface area (Å²) in [5.41, 5.74) is 1.13. The van der Waals surface area contributed by atoms with Gasteiger partial charge in [-0.15, -0.1) is 0 Å². The Kier molecular flexibility index (Phi) is 5.98. The van der Waals surface area contributed by atoms with Crippen molar-refractivity contribution in [2.45, 2.75) is 20.0 Å². The summed E-state index contributed by atoms with van der Waals surface area (Å²) in [5.74, 6) is 2.22. The Morgan fingerprint density at radius 3 is 2.31 bits per heavy atom. The van der Waals surface area contributed by atoms with E-state index in [1.165, 1.54) is 0 Å². The Bertz CT molecular complexity index is 761. The maximum absolute atomic E-state index is 12.5. The molecule has 1 aromatic carbocycles. The number of amides is 2. The molecule has 0 aliphatic carbocycles. The van der Waals surface area contributed by atoms with Gasteiger partial charge in [-0.2, -0.15) is 0 Å². The van der Waals surface area contributed by atoms with Gasteiger partial charge in [-0.25, -0.2) is 4.79 Å². The van der Waals surface area contributed by atoms with Gasteiger partial charge in [0, 0.05) is 0 Å². The molecule has 6 heteroatoms. The highest BCUT2D eigenvalue weighted by Gasteiger charge is 2.16. The summed E-state index contributed by atoms with van der Waals surface area (Å²) in [5, 5.41) is 2.87. The summed E-state index contributed by atoms with van der Waals surface area (Å²) < 4.78 is 16.4. The minimum absolute atomic E-state index is 0.203. The topological polar surface area (TPSA) is 67.8 Å². The van der Waals surface area contributed by atoms with Gasteiger partial charge >= 0.3 is 6.03 Å². The van der Waals surface area contributed by atoms with E-state index in [4.69, 9.17) is 13.6 Å². The Labute approximate surface area is 152 Å². The predicted molar refractivity (Wildman–Crippen MR) is 96.7 cm³/mol. The van der Waals surface area contributed by atoms with E-state index in [2.05, 4.69) is 5.32 Å². The highest BCUT2D eigenvalue weighted by atomic mass is 16.5. The van der Waals surface area contributed by atoms with E-state index < -0.39 is 0 Å². The molecular formula is C20H22N2O4. The lowest BCUT2D eigenvalue weighted by molar-refractivity contribution is 0.179. The third-order valence-electron chi connectivity index (χ3n) is 3.78. The molecule has 0 radical (unpaired) electrons. The van der Waals surface area contributed by atoms with Crippen LogP contribution in [0, 0.1) is 6.92 Å². The summed E-state index contributed by atoms with van der Waals surface area (Å²) >= 11 is 0. The first-order valence-electron chi connectivity index (χ1n) is 8.48. The number of carbonyl (C=O) groups excluding carboxylic acids is 1. The van der Waals surface area contributed by atoms with Gasteiger partial charge in [0.05, 0.1) is 32.2 Å².